The monoisotopic (exact) mass is 423 g/mol. The molecule has 1 aliphatic carbocycles. The number of aryl methyl sites for hydroxylation is 1. The van der Waals surface area contributed by atoms with Crippen molar-refractivity contribution < 1.29 is 9.53 Å². The summed E-state index contributed by atoms with van der Waals surface area (Å²) in [6, 6.07) is 7.75. The van der Waals surface area contributed by atoms with Gasteiger partial charge in [0.1, 0.15) is 5.75 Å². The number of benzene rings is 1. The summed E-state index contributed by atoms with van der Waals surface area (Å²) in [5.41, 5.74) is 6.94. The third kappa shape index (κ3) is 2.58. The SMILES string of the molecule is COc1ccc(-c2ncc3c(n2)-c2[nH]c4c(c2CC3)C(=O)NCC42CNC2)cc1.Cl. The molecule has 1 amide bonds. The molecule has 154 valence electrons. The minimum absolute atomic E-state index is 0. The van der Waals surface area contributed by atoms with Crippen LogP contribution >= 0.6 is 12.4 Å². The van der Waals surface area contributed by atoms with E-state index in [9.17, 15) is 4.79 Å². The first-order chi connectivity index (χ1) is 14.2. The van der Waals surface area contributed by atoms with Crippen molar-refractivity contribution in [3.05, 3.63) is 52.8 Å². The Morgan fingerprint density at radius 3 is 2.60 bits per heavy atom. The molecule has 6 rings (SSSR count). The molecule has 2 aliphatic heterocycles. The predicted octanol–water partition coefficient (Wildman–Crippen LogP) is 2.25. The first-order valence-electron chi connectivity index (χ1n) is 9.93. The van der Waals surface area contributed by atoms with Crippen LogP contribution in [0.2, 0.25) is 0 Å². The number of fused-ring (bicyclic) bond motifs is 6. The highest BCUT2D eigenvalue weighted by molar-refractivity contribution is 6.01. The number of amides is 1. The Morgan fingerprint density at radius 2 is 1.90 bits per heavy atom. The highest BCUT2D eigenvalue weighted by Crippen LogP contribution is 2.42. The lowest BCUT2D eigenvalue weighted by Crippen LogP contribution is -2.64. The normalized spacial score (nSPS) is 17.7. The zero-order chi connectivity index (χ0) is 19.6. The number of aromatic amines is 1. The molecule has 30 heavy (non-hydrogen) atoms. The Balaban J connectivity index is 0.00000193. The van der Waals surface area contributed by atoms with Crippen LogP contribution in [-0.4, -0.2) is 47.6 Å². The number of nitrogens with zero attached hydrogens (tertiary/aromatic N) is 2. The highest BCUT2D eigenvalue weighted by Gasteiger charge is 2.47. The predicted molar refractivity (Wildman–Crippen MR) is 115 cm³/mol. The van der Waals surface area contributed by atoms with Gasteiger partial charge in [-0.1, -0.05) is 0 Å². The third-order valence-electron chi connectivity index (χ3n) is 6.47. The number of ether oxygens (including phenoxy) is 1. The van der Waals surface area contributed by atoms with E-state index < -0.39 is 0 Å². The van der Waals surface area contributed by atoms with Crippen LogP contribution in [0.15, 0.2) is 30.5 Å². The Kier molecular flexibility index (Phi) is 4.34. The third-order valence-corrected chi connectivity index (χ3v) is 6.47. The van der Waals surface area contributed by atoms with Crippen molar-refractivity contribution >= 4 is 18.3 Å². The van der Waals surface area contributed by atoms with E-state index in [1.165, 1.54) is 0 Å². The van der Waals surface area contributed by atoms with Crippen LogP contribution in [0, 0.1) is 0 Å². The average molecular weight is 424 g/mol. The lowest BCUT2D eigenvalue weighted by atomic mass is 9.74. The minimum Gasteiger partial charge on any atom is -0.497 e. The van der Waals surface area contributed by atoms with Gasteiger partial charge in [-0.05, 0) is 48.2 Å². The molecule has 1 fully saturated rings. The summed E-state index contributed by atoms with van der Waals surface area (Å²) in [6.07, 6.45) is 3.59. The molecular formula is C22H22ClN5O2. The molecule has 1 saturated heterocycles. The summed E-state index contributed by atoms with van der Waals surface area (Å²) >= 11 is 0. The molecule has 1 spiro atoms. The highest BCUT2D eigenvalue weighted by atomic mass is 35.5. The van der Waals surface area contributed by atoms with Crippen molar-refractivity contribution in [3.8, 4) is 28.5 Å². The lowest BCUT2D eigenvalue weighted by molar-refractivity contribution is 0.0905. The first-order valence-corrected chi connectivity index (χ1v) is 9.93. The maximum atomic E-state index is 12.7. The fraction of sp³-hybridized carbons (Fsp3) is 0.318. The number of carbonyl (C=O) groups is 1. The van der Waals surface area contributed by atoms with E-state index in [0.29, 0.717) is 12.4 Å². The van der Waals surface area contributed by atoms with E-state index in [1.807, 2.05) is 30.5 Å². The summed E-state index contributed by atoms with van der Waals surface area (Å²) in [6.45, 7) is 2.44. The Labute approximate surface area is 180 Å². The first kappa shape index (κ1) is 19.1. The molecule has 1 aromatic carbocycles. The van der Waals surface area contributed by atoms with E-state index >= 15 is 0 Å². The molecule has 3 N–H and O–H groups in total. The number of rotatable bonds is 2. The van der Waals surface area contributed by atoms with Crippen molar-refractivity contribution in [2.24, 2.45) is 0 Å². The summed E-state index contributed by atoms with van der Waals surface area (Å²) < 4.78 is 5.25. The number of carbonyl (C=O) groups excluding carboxylic acids is 1. The number of hydrogen-bond acceptors (Lipinski definition) is 5. The molecule has 0 atom stereocenters. The van der Waals surface area contributed by atoms with E-state index in [2.05, 4.69) is 20.6 Å². The van der Waals surface area contributed by atoms with Crippen LogP contribution in [-0.2, 0) is 18.3 Å². The summed E-state index contributed by atoms with van der Waals surface area (Å²) in [5, 5.41) is 6.46. The second-order valence-electron chi connectivity index (χ2n) is 8.09. The largest absolute Gasteiger partial charge is 0.497 e. The zero-order valence-electron chi connectivity index (χ0n) is 16.5. The van der Waals surface area contributed by atoms with E-state index in [0.717, 1.165) is 71.0 Å². The molecule has 0 saturated carbocycles. The van der Waals surface area contributed by atoms with Gasteiger partial charge in [0, 0.05) is 37.1 Å². The van der Waals surface area contributed by atoms with Crippen LogP contribution in [0.4, 0.5) is 0 Å². The molecule has 2 aromatic heterocycles. The van der Waals surface area contributed by atoms with Crippen LogP contribution in [0.25, 0.3) is 22.8 Å². The van der Waals surface area contributed by atoms with Gasteiger partial charge in [0.15, 0.2) is 5.82 Å². The van der Waals surface area contributed by atoms with Crippen molar-refractivity contribution in [3.63, 3.8) is 0 Å². The van der Waals surface area contributed by atoms with Gasteiger partial charge < -0.3 is 20.4 Å². The maximum absolute atomic E-state index is 12.7. The summed E-state index contributed by atoms with van der Waals surface area (Å²) in [4.78, 5) is 25.8. The Morgan fingerprint density at radius 1 is 1.10 bits per heavy atom. The van der Waals surface area contributed by atoms with Gasteiger partial charge in [0.2, 0.25) is 0 Å². The van der Waals surface area contributed by atoms with Crippen LogP contribution < -0.4 is 15.4 Å². The molecule has 3 aromatic rings. The number of methoxy groups -OCH3 is 1. The van der Waals surface area contributed by atoms with Gasteiger partial charge in [0.05, 0.1) is 29.5 Å². The number of nitrogens with one attached hydrogen (secondary N) is 3. The van der Waals surface area contributed by atoms with Gasteiger partial charge in [-0.3, -0.25) is 4.79 Å². The number of halogens is 1. The Bertz CT molecular complexity index is 1150. The quantitative estimate of drug-likeness (QED) is 0.588. The second-order valence-corrected chi connectivity index (χ2v) is 8.09. The second kappa shape index (κ2) is 6.82. The lowest BCUT2D eigenvalue weighted by Gasteiger charge is -2.45. The number of hydrogen-bond donors (Lipinski definition) is 3. The summed E-state index contributed by atoms with van der Waals surface area (Å²) in [7, 11) is 1.65. The molecule has 8 heteroatoms. The minimum atomic E-state index is -0.0212. The van der Waals surface area contributed by atoms with Crippen LogP contribution in [0.1, 0.15) is 27.2 Å². The molecular weight excluding hydrogens is 402 g/mol. The van der Waals surface area contributed by atoms with Crippen molar-refractivity contribution in [1.82, 2.24) is 25.6 Å². The van der Waals surface area contributed by atoms with Gasteiger partial charge in [0.25, 0.3) is 5.91 Å². The molecule has 7 nitrogen and oxygen atoms in total. The van der Waals surface area contributed by atoms with Crippen LogP contribution in [0.3, 0.4) is 0 Å². The van der Waals surface area contributed by atoms with Crippen molar-refractivity contribution in [2.75, 3.05) is 26.7 Å². The van der Waals surface area contributed by atoms with Gasteiger partial charge in [-0.15, -0.1) is 12.4 Å². The van der Waals surface area contributed by atoms with Gasteiger partial charge >= 0.3 is 0 Å². The molecule has 0 unspecified atom stereocenters. The zero-order valence-corrected chi connectivity index (χ0v) is 17.4. The van der Waals surface area contributed by atoms with E-state index in [-0.39, 0.29) is 23.7 Å². The molecule has 0 radical (unpaired) electrons. The standard InChI is InChI=1S/C22H21N5O2.ClH/c1-29-14-5-2-12(3-6-14)20-24-8-13-4-7-15-16-19(26-18(15)17(13)27-20)22(9-23-10-22)11-25-21(16)28;/h2-3,5-6,8,23,26H,4,7,9-11H2,1H3,(H,25,28);1H. The van der Waals surface area contributed by atoms with E-state index in [4.69, 9.17) is 9.72 Å². The maximum Gasteiger partial charge on any atom is 0.253 e. The van der Waals surface area contributed by atoms with Crippen molar-refractivity contribution in [2.45, 2.75) is 18.3 Å². The Hall–Kier alpha value is -2.90. The smallest absolute Gasteiger partial charge is 0.253 e. The average Bonchev–Trinajstić information content (AvgIpc) is 3.14. The topological polar surface area (TPSA) is 91.9 Å². The van der Waals surface area contributed by atoms with Gasteiger partial charge in [-0.25, -0.2) is 9.97 Å². The van der Waals surface area contributed by atoms with Crippen LogP contribution in [0.5, 0.6) is 5.75 Å². The summed E-state index contributed by atoms with van der Waals surface area (Å²) in [5.74, 6) is 1.51. The van der Waals surface area contributed by atoms with Crippen molar-refractivity contribution in [1.29, 1.82) is 0 Å². The molecule has 4 heterocycles. The fourth-order valence-corrected chi connectivity index (χ4v) is 4.74. The van der Waals surface area contributed by atoms with Gasteiger partial charge in [-0.2, -0.15) is 0 Å². The molecule has 0 bridgehead atoms. The van der Waals surface area contributed by atoms with E-state index in [1.54, 1.807) is 7.11 Å². The fourth-order valence-electron chi connectivity index (χ4n) is 4.74. The number of aromatic nitrogens is 3. The number of H-pyrrole nitrogens is 1. The molecule has 3 aliphatic rings.